The van der Waals surface area contributed by atoms with E-state index in [-0.39, 0.29) is 24.1 Å². The fraction of sp³-hybridized carbons (Fsp3) is 0.909. The van der Waals surface area contributed by atoms with Crippen molar-refractivity contribution < 1.29 is 17.9 Å². The van der Waals surface area contributed by atoms with Gasteiger partial charge in [0, 0.05) is 19.1 Å². The summed E-state index contributed by atoms with van der Waals surface area (Å²) in [6.07, 6.45) is 3.79. The summed E-state index contributed by atoms with van der Waals surface area (Å²) in [4.78, 5) is 11.4. The Morgan fingerprint density at radius 3 is 2.53 bits per heavy atom. The van der Waals surface area contributed by atoms with Gasteiger partial charge in [-0.05, 0) is 25.9 Å². The Bertz CT molecular complexity index is 333. The Morgan fingerprint density at radius 2 is 1.94 bits per heavy atom. The third-order valence-corrected chi connectivity index (χ3v) is 3.72. The van der Waals surface area contributed by atoms with Crippen molar-refractivity contribution in [1.29, 1.82) is 0 Å². The highest BCUT2D eigenvalue weighted by Crippen LogP contribution is 2.07. The Kier molecular flexibility index (Phi) is 6.08. The number of piperidine rings is 1. The van der Waals surface area contributed by atoms with Gasteiger partial charge < -0.3 is 10.1 Å². The van der Waals surface area contributed by atoms with Gasteiger partial charge in [0.1, 0.15) is 15.6 Å². The van der Waals surface area contributed by atoms with Crippen molar-refractivity contribution in [2.75, 3.05) is 31.7 Å². The maximum absolute atomic E-state index is 11.4. The van der Waals surface area contributed by atoms with Gasteiger partial charge in [0.15, 0.2) is 0 Å². The van der Waals surface area contributed by atoms with Crippen LogP contribution in [0.2, 0.25) is 0 Å². The molecule has 0 amide bonds. The minimum absolute atomic E-state index is 0.0376. The normalized spacial score (nSPS) is 18.2. The zero-order valence-electron chi connectivity index (χ0n) is 10.3. The Labute approximate surface area is 103 Å². The summed E-state index contributed by atoms with van der Waals surface area (Å²) in [6.45, 7) is 2.34. The highest BCUT2D eigenvalue weighted by molar-refractivity contribution is 7.90. The van der Waals surface area contributed by atoms with E-state index in [0.29, 0.717) is 13.0 Å². The van der Waals surface area contributed by atoms with Gasteiger partial charge in [0.05, 0.1) is 18.5 Å². The van der Waals surface area contributed by atoms with Crippen LogP contribution in [0.5, 0.6) is 0 Å². The molecule has 1 aliphatic heterocycles. The quantitative estimate of drug-likeness (QED) is 0.708. The van der Waals surface area contributed by atoms with E-state index in [4.69, 9.17) is 4.74 Å². The van der Waals surface area contributed by atoms with Crippen molar-refractivity contribution in [2.24, 2.45) is 0 Å². The van der Waals surface area contributed by atoms with E-state index in [9.17, 15) is 13.2 Å². The van der Waals surface area contributed by atoms with Crippen LogP contribution < -0.4 is 5.32 Å². The Balaban J connectivity index is 2.07. The summed E-state index contributed by atoms with van der Waals surface area (Å²) in [5, 5.41) is 3.24. The second kappa shape index (κ2) is 7.08. The van der Waals surface area contributed by atoms with Crippen LogP contribution >= 0.6 is 0 Å². The molecular weight excluding hydrogens is 242 g/mol. The molecule has 1 heterocycles. The van der Waals surface area contributed by atoms with E-state index in [0.717, 1.165) is 32.2 Å². The predicted octanol–water partition coefficient (Wildman–Crippen LogP) is 0.149. The van der Waals surface area contributed by atoms with Gasteiger partial charge in [-0.15, -0.1) is 0 Å². The van der Waals surface area contributed by atoms with Crippen molar-refractivity contribution in [3.05, 3.63) is 0 Å². The fourth-order valence-corrected chi connectivity index (χ4v) is 2.32. The molecule has 1 aliphatic rings. The number of ketones is 1. The topological polar surface area (TPSA) is 72.5 Å². The average Bonchev–Trinajstić information content (AvgIpc) is 2.27. The highest BCUT2D eigenvalue weighted by Gasteiger charge is 2.14. The van der Waals surface area contributed by atoms with Crippen LogP contribution in [0.1, 0.15) is 25.7 Å². The number of ether oxygens (including phenoxy) is 1. The molecule has 5 nitrogen and oxygen atoms in total. The molecule has 1 fully saturated rings. The largest absolute Gasteiger partial charge is 0.378 e. The monoisotopic (exact) mass is 263 g/mol. The molecule has 0 bridgehead atoms. The zero-order valence-corrected chi connectivity index (χ0v) is 11.1. The molecule has 0 radical (unpaired) electrons. The number of Topliss-reactive ketones (excluding diaryl/α,β-unsaturated/α-hetero) is 1. The molecule has 0 saturated carbocycles. The Hall–Kier alpha value is -0.460. The van der Waals surface area contributed by atoms with Crippen molar-refractivity contribution in [3.63, 3.8) is 0 Å². The molecule has 1 rings (SSSR count). The van der Waals surface area contributed by atoms with Crippen LogP contribution in [0.3, 0.4) is 0 Å². The number of hydrogen-bond donors (Lipinski definition) is 1. The summed E-state index contributed by atoms with van der Waals surface area (Å²) in [5.41, 5.74) is 0. The van der Waals surface area contributed by atoms with Gasteiger partial charge in [-0.3, -0.25) is 4.79 Å². The van der Waals surface area contributed by atoms with E-state index in [1.165, 1.54) is 0 Å². The predicted molar refractivity (Wildman–Crippen MR) is 65.8 cm³/mol. The molecule has 0 atom stereocenters. The van der Waals surface area contributed by atoms with Gasteiger partial charge >= 0.3 is 0 Å². The molecule has 1 N–H and O–H groups in total. The van der Waals surface area contributed by atoms with E-state index < -0.39 is 9.84 Å². The molecule has 0 unspecified atom stereocenters. The lowest BCUT2D eigenvalue weighted by molar-refractivity contribution is -0.120. The third kappa shape index (κ3) is 7.46. The number of hydrogen-bond acceptors (Lipinski definition) is 5. The van der Waals surface area contributed by atoms with Gasteiger partial charge in [-0.2, -0.15) is 0 Å². The lowest BCUT2D eigenvalue weighted by Gasteiger charge is -2.22. The van der Waals surface area contributed by atoms with Crippen molar-refractivity contribution in [2.45, 2.75) is 31.8 Å². The maximum Gasteiger partial charge on any atom is 0.147 e. The van der Waals surface area contributed by atoms with Crippen LogP contribution in [0, 0.1) is 0 Å². The zero-order chi connectivity index (χ0) is 12.7. The van der Waals surface area contributed by atoms with E-state index in [1.807, 2.05) is 0 Å². The first-order valence-corrected chi connectivity index (χ1v) is 8.05. The maximum atomic E-state index is 11.4. The van der Waals surface area contributed by atoms with Crippen molar-refractivity contribution in [1.82, 2.24) is 5.32 Å². The lowest BCUT2D eigenvalue weighted by atomic mass is 10.1. The number of sulfone groups is 1. The summed E-state index contributed by atoms with van der Waals surface area (Å²) in [5.74, 6) is -0.0940. The van der Waals surface area contributed by atoms with Crippen molar-refractivity contribution >= 4 is 15.6 Å². The minimum Gasteiger partial charge on any atom is -0.378 e. The Morgan fingerprint density at radius 1 is 1.29 bits per heavy atom. The average molecular weight is 263 g/mol. The smallest absolute Gasteiger partial charge is 0.147 e. The number of rotatable bonds is 7. The molecule has 0 spiro atoms. The lowest BCUT2D eigenvalue weighted by Crippen LogP contribution is -2.32. The summed E-state index contributed by atoms with van der Waals surface area (Å²) < 4.78 is 27.3. The SMILES string of the molecule is CS(=O)(=O)CCC(=O)CCOC1CCNCC1. The molecule has 100 valence electrons. The molecule has 0 aromatic carbocycles. The molecule has 0 aromatic rings. The molecule has 6 heteroatoms. The second-order valence-electron chi connectivity index (χ2n) is 4.49. The van der Waals surface area contributed by atoms with Crippen LogP contribution in [-0.2, 0) is 19.4 Å². The fourth-order valence-electron chi connectivity index (χ4n) is 1.73. The van der Waals surface area contributed by atoms with E-state index >= 15 is 0 Å². The van der Waals surface area contributed by atoms with E-state index in [2.05, 4.69) is 5.32 Å². The number of nitrogens with one attached hydrogen (secondary N) is 1. The number of carbonyl (C=O) groups excluding carboxylic acids is 1. The highest BCUT2D eigenvalue weighted by atomic mass is 32.2. The molecule has 0 aliphatic carbocycles. The van der Waals surface area contributed by atoms with Crippen LogP contribution in [0.25, 0.3) is 0 Å². The molecule has 17 heavy (non-hydrogen) atoms. The first-order valence-electron chi connectivity index (χ1n) is 5.99. The first-order chi connectivity index (χ1) is 7.97. The molecular formula is C11H21NO4S. The standard InChI is InChI=1S/C11H21NO4S/c1-17(14,15)9-5-10(13)4-8-16-11-2-6-12-7-3-11/h11-12H,2-9H2,1H3. The first kappa shape index (κ1) is 14.6. The summed E-state index contributed by atoms with van der Waals surface area (Å²) >= 11 is 0. The van der Waals surface area contributed by atoms with Crippen LogP contribution in [0.4, 0.5) is 0 Å². The van der Waals surface area contributed by atoms with Gasteiger partial charge in [-0.25, -0.2) is 8.42 Å². The summed E-state index contributed by atoms with van der Waals surface area (Å²) in [7, 11) is -3.03. The molecule has 0 aromatic heterocycles. The third-order valence-electron chi connectivity index (χ3n) is 2.77. The van der Waals surface area contributed by atoms with Gasteiger partial charge in [0.2, 0.25) is 0 Å². The van der Waals surface area contributed by atoms with Crippen LogP contribution in [0.15, 0.2) is 0 Å². The van der Waals surface area contributed by atoms with Gasteiger partial charge in [0.25, 0.3) is 0 Å². The van der Waals surface area contributed by atoms with E-state index in [1.54, 1.807) is 0 Å². The van der Waals surface area contributed by atoms with Crippen molar-refractivity contribution in [3.8, 4) is 0 Å². The number of carbonyl (C=O) groups is 1. The van der Waals surface area contributed by atoms with Gasteiger partial charge in [-0.1, -0.05) is 0 Å². The molecule has 1 saturated heterocycles. The second-order valence-corrected chi connectivity index (χ2v) is 6.75. The van der Waals surface area contributed by atoms with Crippen LogP contribution in [-0.4, -0.2) is 52.0 Å². The summed E-state index contributed by atoms with van der Waals surface area (Å²) in [6, 6.07) is 0. The minimum atomic E-state index is -3.03.